The van der Waals surface area contributed by atoms with E-state index in [-0.39, 0.29) is 30.0 Å². The highest BCUT2D eigenvalue weighted by Crippen LogP contribution is 2.29. The summed E-state index contributed by atoms with van der Waals surface area (Å²) in [5.41, 5.74) is -0.517. The van der Waals surface area contributed by atoms with Crippen LogP contribution in [-0.2, 0) is 11.0 Å². The van der Waals surface area contributed by atoms with Crippen LogP contribution in [-0.4, -0.2) is 67.6 Å². The van der Waals surface area contributed by atoms with Crippen LogP contribution in [0.3, 0.4) is 0 Å². The molecule has 0 atom stereocenters. The molecule has 0 aromatic heterocycles. The van der Waals surface area contributed by atoms with Crippen LogP contribution in [0.25, 0.3) is 0 Å². The summed E-state index contributed by atoms with van der Waals surface area (Å²) in [5.74, 6) is 5.26. The van der Waals surface area contributed by atoms with Crippen molar-refractivity contribution in [3.05, 3.63) is 35.4 Å². The number of hydrogen-bond donors (Lipinski definition) is 2. The van der Waals surface area contributed by atoms with Gasteiger partial charge in [0.15, 0.2) is 0 Å². The molecule has 0 bridgehead atoms. The number of halogens is 3. The lowest BCUT2D eigenvalue weighted by Gasteiger charge is -2.31. The first-order valence-electron chi connectivity index (χ1n) is 11.4. The summed E-state index contributed by atoms with van der Waals surface area (Å²) in [6, 6.07) is 4.48. The zero-order valence-electron chi connectivity index (χ0n) is 19.3. The van der Waals surface area contributed by atoms with E-state index in [1.807, 2.05) is 0 Å². The van der Waals surface area contributed by atoms with Gasteiger partial charge in [0, 0.05) is 31.1 Å². The van der Waals surface area contributed by atoms with Crippen molar-refractivity contribution in [2.45, 2.75) is 39.3 Å². The van der Waals surface area contributed by atoms with E-state index in [0.717, 1.165) is 38.2 Å². The molecule has 0 unspecified atom stereocenters. The Morgan fingerprint density at radius 2 is 1.85 bits per heavy atom. The average Bonchev–Trinajstić information content (AvgIpc) is 2.81. The molecule has 1 aromatic rings. The highest BCUT2D eigenvalue weighted by atomic mass is 19.4. The predicted molar refractivity (Wildman–Crippen MR) is 121 cm³/mol. The minimum atomic E-state index is -4.42. The van der Waals surface area contributed by atoms with Crippen molar-refractivity contribution in [3.63, 3.8) is 0 Å². The number of benzene rings is 1. The first-order valence-corrected chi connectivity index (χ1v) is 11.4. The molecule has 1 aliphatic heterocycles. The summed E-state index contributed by atoms with van der Waals surface area (Å²) in [7, 11) is 0. The molecule has 1 saturated heterocycles. The number of nitrogens with one attached hydrogen (secondary N) is 2. The van der Waals surface area contributed by atoms with Gasteiger partial charge < -0.3 is 20.4 Å². The normalized spacial score (nSPS) is 14.5. The molecule has 2 rings (SSSR count). The van der Waals surface area contributed by atoms with Crippen molar-refractivity contribution in [3.8, 4) is 11.8 Å². The van der Waals surface area contributed by atoms with Crippen molar-refractivity contribution < 1.29 is 22.8 Å². The van der Waals surface area contributed by atoms with E-state index in [1.54, 1.807) is 4.90 Å². The Morgan fingerprint density at radius 3 is 2.48 bits per heavy atom. The third-order valence-corrected chi connectivity index (χ3v) is 5.75. The van der Waals surface area contributed by atoms with Gasteiger partial charge in [0.05, 0.1) is 12.1 Å². The third kappa shape index (κ3) is 8.97. The Labute approximate surface area is 193 Å². The third-order valence-electron chi connectivity index (χ3n) is 5.75. The SMILES string of the molecule is CCN(CC)CCCNC(=O)C1CCN(C(=O)NCC#Cc2cccc(C(F)(F)F)c2)CC1. The monoisotopic (exact) mass is 466 g/mol. The molecule has 0 aliphatic carbocycles. The van der Waals surface area contributed by atoms with Gasteiger partial charge in [-0.1, -0.05) is 31.8 Å². The number of carbonyl (C=O) groups is 2. The maximum absolute atomic E-state index is 12.7. The second-order valence-electron chi connectivity index (χ2n) is 7.97. The summed E-state index contributed by atoms with van der Waals surface area (Å²) in [4.78, 5) is 28.6. The van der Waals surface area contributed by atoms with Gasteiger partial charge in [0.25, 0.3) is 0 Å². The highest BCUT2D eigenvalue weighted by Gasteiger charge is 2.30. The second kappa shape index (κ2) is 13.1. The number of piperidine rings is 1. The Kier molecular flexibility index (Phi) is 10.5. The summed E-state index contributed by atoms with van der Waals surface area (Å²) in [6.07, 6.45) is -2.30. The van der Waals surface area contributed by atoms with Gasteiger partial charge in [-0.25, -0.2) is 4.79 Å². The number of nitrogens with zero attached hydrogens (tertiary/aromatic N) is 2. The molecule has 182 valence electrons. The van der Waals surface area contributed by atoms with Gasteiger partial charge in [0.1, 0.15) is 0 Å². The summed E-state index contributed by atoms with van der Waals surface area (Å²) < 4.78 is 38.2. The van der Waals surface area contributed by atoms with Crippen LogP contribution < -0.4 is 10.6 Å². The van der Waals surface area contributed by atoms with Crippen molar-refractivity contribution in [2.75, 3.05) is 45.8 Å². The minimum absolute atomic E-state index is 0.0298. The molecule has 0 saturated carbocycles. The van der Waals surface area contributed by atoms with E-state index in [9.17, 15) is 22.8 Å². The zero-order chi connectivity index (χ0) is 24.3. The van der Waals surface area contributed by atoms with Gasteiger partial charge in [-0.3, -0.25) is 4.79 Å². The smallest absolute Gasteiger partial charge is 0.356 e. The predicted octanol–water partition coefficient (Wildman–Crippen LogP) is 3.33. The quantitative estimate of drug-likeness (QED) is 0.456. The molecule has 3 amide bonds. The highest BCUT2D eigenvalue weighted by molar-refractivity contribution is 5.79. The maximum Gasteiger partial charge on any atom is 0.416 e. The van der Waals surface area contributed by atoms with Crippen LogP contribution >= 0.6 is 0 Å². The lowest BCUT2D eigenvalue weighted by Crippen LogP contribution is -2.47. The first kappa shape index (κ1) is 26.5. The van der Waals surface area contributed by atoms with Gasteiger partial charge in [0.2, 0.25) is 5.91 Å². The molecule has 0 spiro atoms. The van der Waals surface area contributed by atoms with E-state index in [1.165, 1.54) is 12.1 Å². The number of hydrogen-bond acceptors (Lipinski definition) is 3. The molecule has 0 radical (unpaired) electrons. The van der Waals surface area contributed by atoms with Gasteiger partial charge >= 0.3 is 12.2 Å². The topological polar surface area (TPSA) is 64.7 Å². The Balaban J connectivity index is 1.68. The van der Waals surface area contributed by atoms with Gasteiger partial charge in [-0.2, -0.15) is 13.2 Å². The largest absolute Gasteiger partial charge is 0.416 e. The second-order valence-corrected chi connectivity index (χ2v) is 7.97. The van der Waals surface area contributed by atoms with E-state index >= 15 is 0 Å². The number of likely N-dealkylation sites (tertiary alicyclic amines) is 1. The average molecular weight is 467 g/mol. The van der Waals surface area contributed by atoms with Gasteiger partial charge in [-0.05, 0) is 57.1 Å². The van der Waals surface area contributed by atoms with Crippen LogP contribution in [0.5, 0.6) is 0 Å². The summed E-state index contributed by atoms with van der Waals surface area (Å²) >= 11 is 0. The van der Waals surface area contributed by atoms with Crippen LogP contribution in [0.2, 0.25) is 0 Å². The van der Waals surface area contributed by atoms with E-state index < -0.39 is 11.7 Å². The molecule has 1 aliphatic rings. The Hall–Kier alpha value is -2.73. The first-order chi connectivity index (χ1) is 15.7. The molecule has 2 N–H and O–H groups in total. The fourth-order valence-corrected chi connectivity index (χ4v) is 3.69. The van der Waals surface area contributed by atoms with Crippen LogP contribution in [0, 0.1) is 17.8 Å². The van der Waals surface area contributed by atoms with E-state index in [0.29, 0.717) is 32.5 Å². The molecule has 1 aromatic carbocycles. The molecule has 33 heavy (non-hydrogen) atoms. The van der Waals surface area contributed by atoms with E-state index in [4.69, 9.17) is 0 Å². The van der Waals surface area contributed by atoms with Crippen molar-refractivity contribution in [1.29, 1.82) is 0 Å². The fourth-order valence-electron chi connectivity index (χ4n) is 3.69. The molecule has 1 heterocycles. The molecular formula is C24H33F3N4O2. The molecule has 9 heteroatoms. The number of urea groups is 1. The minimum Gasteiger partial charge on any atom is -0.356 e. The van der Waals surface area contributed by atoms with E-state index in [2.05, 4.69) is 41.2 Å². The van der Waals surface area contributed by atoms with Gasteiger partial charge in [-0.15, -0.1) is 0 Å². The van der Waals surface area contributed by atoms with Crippen LogP contribution in [0.15, 0.2) is 24.3 Å². The molecule has 1 fully saturated rings. The molecular weight excluding hydrogens is 433 g/mol. The summed E-state index contributed by atoms with van der Waals surface area (Å²) in [5, 5.41) is 5.66. The van der Waals surface area contributed by atoms with Crippen LogP contribution in [0.1, 0.15) is 44.2 Å². The van der Waals surface area contributed by atoms with Crippen molar-refractivity contribution in [2.24, 2.45) is 5.92 Å². The number of alkyl halides is 3. The summed E-state index contributed by atoms with van der Waals surface area (Å²) in [6.45, 7) is 8.84. The lowest BCUT2D eigenvalue weighted by atomic mass is 9.96. The maximum atomic E-state index is 12.7. The lowest BCUT2D eigenvalue weighted by molar-refractivity contribution is -0.137. The number of amides is 3. The standard InChI is InChI=1S/C24H33F3N4O2/c1-3-30(4-2)15-7-14-28-22(32)20-11-16-31(17-12-20)23(33)29-13-6-9-19-8-5-10-21(18-19)24(25,26)27/h5,8,10,18,20H,3-4,7,11-17H2,1-2H3,(H,28,32)(H,29,33). The van der Waals surface area contributed by atoms with Crippen molar-refractivity contribution in [1.82, 2.24) is 20.4 Å². The molecule has 6 nitrogen and oxygen atoms in total. The fraction of sp³-hybridized carbons (Fsp3) is 0.583. The van der Waals surface area contributed by atoms with Crippen molar-refractivity contribution >= 4 is 11.9 Å². The Bertz CT molecular complexity index is 836. The van der Waals surface area contributed by atoms with Crippen LogP contribution in [0.4, 0.5) is 18.0 Å². The number of carbonyl (C=O) groups excluding carboxylic acids is 2. The zero-order valence-corrected chi connectivity index (χ0v) is 19.3. The Morgan fingerprint density at radius 1 is 1.15 bits per heavy atom. The number of rotatable bonds is 8.